The van der Waals surface area contributed by atoms with E-state index in [0.29, 0.717) is 0 Å². The van der Waals surface area contributed by atoms with E-state index in [1.165, 1.54) is 0 Å². The Kier molecular flexibility index (Phi) is 281. The Hall–Kier alpha value is 10.1. The van der Waals surface area contributed by atoms with E-state index in [0.717, 1.165) is 0 Å². The second-order valence-electron chi connectivity index (χ2n) is 0. The van der Waals surface area contributed by atoms with Gasteiger partial charge in [-0.15, -0.1) is 0 Å². The Bertz CT molecular complexity index is 8.00. The van der Waals surface area contributed by atoms with Gasteiger partial charge in [0.05, 0.1) is 0 Å². The Morgan fingerprint density at radius 1 is 0.250 bits per heavy atom. The van der Waals surface area contributed by atoms with Crippen LogP contribution in [0.15, 0.2) is 0 Å². The largest absolute Gasteiger partial charge is 1.00 e. The molecule has 0 aromatic carbocycles. The van der Waals surface area contributed by atoms with Gasteiger partial charge in [0.15, 0.2) is 0 Å². The van der Waals surface area contributed by atoms with Crippen LogP contribution in [0.1, 0.15) is 0 Å². The maximum absolute atomic E-state index is 0. The molecule has 0 saturated heterocycles. The molecule has 8 heteroatoms. The maximum atomic E-state index is 0. The fraction of sp³-hybridized carbons (Fsp3) is 0. The van der Waals surface area contributed by atoms with E-state index in [1.807, 2.05) is 0 Å². The van der Waals surface area contributed by atoms with Gasteiger partial charge in [0.2, 0.25) is 0 Å². The third-order valence-electron chi connectivity index (χ3n) is 0. The molecule has 0 rings (SSSR count). The molecule has 0 aromatic rings. The number of hydrogen-bond donors (Lipinski definition) is 0. The van der Waals surface area contributed by atoms with Crippen LogP contribution in [0.3, 0.4) is 0 Å². The standard InChI is InChI=1S/4HI.4Rb/h4*1H;;;;/q;;;;4*+1/p-4. The topological polar surface area (TPSA) is 0 Å². The van der Waals surface area contributed by atoms with E-state index in [9.17, 15) is 0 Å². The Morgan fingerprint density at radius 3 is 0.250 bits per heavy atom. The van der Waals surface area contributed by atoms with Crippen LogP contribution < -0.4 is 329 Å². The summed E-state index contributed by atoms with van der Waals surface area (Å²) in [6, 6.07) is 0. The Morgan fingerprint density at radius 2 is 0.250 bits per heavy atom. The van der Waals surface area contributed by atoms with Crippen molar-refractivity contribution in [2.45, 2.75) is 0 Å². The minimum absolute atomic E-state index is 0. The molecule has 0 atom stereocenters. The molecule has 0 saturated carbocycles. The molecule has 0 spiro atoms. The van der Waals surface area contributed by atoms with Crippen LogP contribution in [0.4, 0.5) is 0 Å². The van der Waals surface area contributed by atoms with Gasteiger partial charge in [-0.1, -0.05) is 0 Å². The second kappa shape index (κ2) is 43.4. The van der Waals surface area contributed by atoms with Gasteiger partial charge in [-0.2, -0.15) is 0 Å². The molecule has 0 nitrogen and oxygen atoms in total. The molecule has 0 fully saturated rings. The predicted molar refractivity (Wildman–Crippen MR) is 0 cm³/mol. The van der Waals surface area contributed by atoms with E-state index in [2.05, 4.69) is 0 Å². The zero-order valence-corrected chi connectivity index (χ0v) is 33.8. The molecule has 0 unspecified atom stereocenters. The monoisotopic (exact) mass is 847 g/mol. The zero-order valence-electron chi connectivity index (χ0n) is 5.51. The first-order chi connectivity index (χ1) is 0. The number of rotatable bonds is 0. The molecule has 0 N–H and O–H groups in total. The van der Waals surface area contributed by atoms with Crippen LogP contribution in [-0.2, 0) is 0 Å². The van der Waals surface area contributed by atoms with Crippen LogP contribution in [0.25, 0.3) is 0 Å². The van der Waals surface area contributed by atoms with Gasteiger partial charge in [0.1, 0.15) is 0 Å². The summed E-state index contributed by atoms with van der Waals surface area (Å²) < 4.78 is 0. The van der Waals surface area contributed by atoms with Gasteiger partial charge in [-0.25, -0.2) is 0 Å². The van der Waals surface area contributed by atoms with Crippen LogP contribution >= 0.6 is 0 Å². The summed E-state index contributed by atoms with van der Waals surface area (Å²) in [5.41, 5.74) is 0. The van der Waals surface area contributed by atoms with Crippen molar-refractivity contribution < 1.29 is 329 Å². The van der Waals surface area contributed by atoms with Crippen molar-refractivity contribution in [1.29, 1.82) is 0 Å². The van der Waals surface area contributed by atoms with Gasteiger partial charge in [-0.05, 0) is 0 Å². The van der Waals surface area contributed by atoms with E-state index in [-0.39, 0.29) is 329 Å². The van der Waals surface area contributed by atoms with Crippen molar-refractivity contribution in [3.05, 3.63) is 0 Å². The minimum Gasteiger partial charge on any atom is -1.00 e. The molecule has 8 heavy (non-hydrogen) atoms. The summed E-state index contributed by atoms with van der Waals surface area (Å²) in [6.07, 6.45) is 0. The van der Waals surface area contributed by atoms with Gasteiger partial charge in [0.25, 0.3) is 0 Å². The second-order valence-corrected chi connectivity index (χ2v) is 0. The normalized spacial score (nSPS) is 0. The molecule has 32 valence electrons. The number of halogens is 4. The van der Waals surface area contributed by atoms with E-state index >= 15 is 0 Å². The van der Waals surface area contributed by atoms with Gasteiger partial charge >= 0.3 is 233 Å². The minimum atomic E-state index is 0. The summed E-state index contributed by atoms with van der Waals surface area (Å²) in [7, 11) is 0. The summed E-state index contributed by atoms with van der Waals surface area (Å²) in [5, 5.41) is 0. The Labute approximate surface area is 315 Å². The SMILES string of the molecule is [I-].[I-].[I-].[I-].[Rb+].[Rb+].[Rb+].[Rb+]. The van der Waals surface area contributed by atoms with Crippen molar-refractivity contribution in [3.63, 3.8) is 0 Å². The zero-order chi connectivity index (χ0) is 0. The van der Waals surface area contributed by atoms with Gasteiger partial charge in [0, 0.05) is 0 Å². The fourth-order valence-corrected chi connectivity index (χ4v) is 0. The molecule has 0 bridgehead atoms. The van der Waals surface area contributed by atoms with Crippen molar-refractivity contribution in [1.82, 2.24) is 0 Å². The first-order valence-electron chi connectivity index (χ1n) is 0. The van der Waals surface area contributed by atoms with Crippen molar-refractivity contribution >= 4 is 0 Å². The van der Waals surface area contributed by atoms with Crippen molar-refractivity contribution in [2.24, 2.45) is 0 Å². The molecule has 0 aromatic heterocycles. The average Bonchev–Trinajstić information content (AvgIpc) is 0. The quantitative estimate of drug-likeness (QED) is 0.213. The summed E-state index contributed by atoms with van der Waals surface area (Å²) in [5.74, 6) is 0. The van der Waals surface area contributed by atoms with Crippen LogP contribution in [0.5, 0.6) is 0 Å². The third-order valence-corrected chi connectivity index (χ3v) is 0. The van der Waals surface area contributed by atoms with Crippen LogP contribution in [0.2, 0.25) is 0 Å². The molecule has 0 heterocycles. The van der Waals surface area contributed by atoms with E-state index in [1.54, 1.807) is 0 Å². The van der Waals surface area contributed by atoms with Crippen molar-refractivity contribution in [3.8, 4) is 0 Å². The molecule has 0 radical (unpaired) electrons. The first kappa shape index (κ1) is 51.8. The molecular weight excluding hydrogens is 849 g/mol. The molecule has 0 aliphatic carbocycles. The van der Waals surface area contributed by atoms with Crippen LogP contribution in [-0.4, -0.2) is 0 Å². The maximum Gasteiger partial charge on any atom is 1.00 e. The van der Waals surface area contributed by atoms with Crippen molar-refractivity contribution in [2.75, 3.05) is 0 Å². The third kappa shape index (κ3) is 36.0. The van der Waals surface area contributed by atoms with E-state index < -0.39 is 0 Å². The first-order valence-corrected chi connectivity index (χ1v) is 0. The predicted octanol–water partition coefficient (Wildman–Crippen LogP) is -24.0. The molecular formula is I4Rb4. The summed E-state index contributed by atoms with van der Waals surface area (Å²) >= 11 is 0. The summed E-state index contributed by atoms with van der Waals surface area (Å²) in [4.78, 5) is 0. The molecule has 0 aliphatic rings. The van der Waals surface area contributed by atoms with Gasteiger partial charge < -0.3 is 95.9 Å². The molecule has 0 amide bonds. The summed E-state index contributed by atoms with van der Waals surface area (Å²) in [6.45, 7) is 0. The fourth-order valence-electron chi connectivity index (χ4n) is 0. The van der Waals surface area contributed by atoms with Gasteiger partial charge in [-0.3, -0.25) is 0 Å². The molecule has 0 aliphatic heterocycles. The smallest absolute Gasteiger partial charge is 1.00 e. The average molecular weight is 849 g/mol. The van der Waals surface area contributed by atoms with Crippen LogP contribution in [0, 0.1) is 0 Å². The Balaban J connectivity index is 0. The number of hydrogen-bond acceptors (Lipinski definition) is 0. The van der Waals surface area contributed by atoms with E-state index in [4.69, 9.17) is 0 Å².